The molecule has 0 atom stereocenters. The number of benzene rings is 2. The Labute approximate surface area is 150 Å². The lowest BCUT2D eigenvalue weighted by Gasteiger charge is -2.14. The Morgan fingerprint density at radius 2 is 1.73 bits per heavy atom. The van der Waals surface area contributed by atoms with Crippen LogP contribution in [0.3, 0.4) is 0 Å². The number of aromatic nitrogens is 3. The first-order valence-electron chi connectivity index (χ1n) is 8.13. The number of anilines is 2. The highest BCUT2D eigenvalue weighted by atomic mass is 16.5. The van der Waals surface area contributed by atoms with Gasteiger partial charge in [0.15, 0.2) is 0 Å². The minimum Gasteiger partial charge on any atom is -0.437 e. The van der Waals surface area contributed by atoms with Gasteiger partial charge >= 0.3 is 0 Å². The molecule has 0 unspecified atom stereocenters. The van der Waals surface area contributed by atoms with Crippen LogP contribution in [-0.2, 0) is 0 Å². The van der Waals surface area contributed by atoms with Gasteiger partial charge in [-0.15, -0.1) is 0 Å². The van der Waals surface area contributed by atoms with Crippen molar-refractivity contribution in [2.75, 3.05) is 11.5 Å². The largest absolute Gasteiger partial charge is 0.437 e. The summed E-state index contributed by atoms with van der Waals surface area (Å²) in [5, 5.41) is 1.88. The van der Waals surface area contributed by atoms with Crippen LogP contribution >= 0.6 is 0 Å². The molecular weight excluding hydrogens is 326 g/mol. The Balaban J connectivity index is 1.86. The number of aryl methyl sites for hydroxylation is 1. The van der Waals surface area contributed by atoms with Crippen molar-refractivity contribution in [2.24, 2.45) is 0 Å². The van der Waals surface area contributed by atoms with Crippen molar-refractivity contribution < 1.29 is 4.74 Å². The number of rotatable bonds is 3. The summed E-state index contributed by atoms with van der Waals surface area (Å²) in [4.78, 5) is 12.6. The first-order chi connectivity index (χ1) is 12.6. The van der Waals surface area contributed by atoms with Crippen molar-refractivity contribution in [3.8, 4) is 22.9 Å². The van der Waals surface area contributed by atoms with Crippen LogP contribution in [0.1, 0.15) is 5.56 Å². The summed E-state index contributed by atoms with van der Waals surface area (Å²) in [6.07, 6.45) is 3.29. The molecule has 0 bridgehead atoms. The molecule has 26 heavy (non-hydrogen) atoms. The molecule has 2 aromatic carbocycles. The van der Waals surface area contributed by atoms with Crippen molar-refractivity contribution in [1.29, 1.82) is 0 Å². The molecule has 4 rings (SSSR count). The maximum atomic E-state index is 6.23. The lowest BCUT2D eigenvalue weighted by molar-refractivity contribution is 0.466. The Morgan fingerprint density at radius 3 is 2.58 bits per heavy atom. The first kappa shape index (κ1) is 15.8. The van der Waals surface area contributed by atoms with E-state index in [1.807, 2.05) is 49.4 Å². The summed E-state index contributed by atoms with van der Waals surface area (Å²) in [7, 11) is 0. The van der Waals surface area contributed by atoms with Crippen molar-refractivity contribution in [1.82, 2.24) is 15.0 Å². The van der Waals surface area contributed by atoms with E-state index in [0.29, 0.717) is 17.3 Å². The molecule has 0 saturated carbocycles. The molecular formula is C20H17N5O. The van der Waals surface area contributed by atoms with E-state index in [4.69, 9.17) is 16.2 Å². The topological polar surface area (TPSA) is 99.9 Å². The van der Waals surface area contributed by atoms with Gasteiger partial charge in [0.25, 0.3) is 0 Å². The van der Waals surface area contributed by atoms with E-state index in [0.717, 1.165) is 27.6 Å². The zero-order chi connectivity index (χ0) is 18.1. The van der Waals surface area contributed by atoms with Crippen LogP contribution in [0.25, 0.3) is 22.0 Å². The van der Waals surface area contributed by atoms with Gasteiger partial charge in [0, 0.05) is 28.9 Å². The predicted molar refractivity (Wildman–Crippen MR) is 103 cm³/mol. The first-order valence-corrected chi connectivity index (χ1v) is 8.13. The molecule has 4 aromatic rings. The third kappa shape index (κ3) is 2.77. The number of pyridine rings is 1. The van der Waals surface area contributed by atoms with Gasteiger partial charge in [0.2, 0.25) is 11.8 Å². The Kier molecular flexibility index (Phi) is 3.85. The van der Waals surface area contributed by atoms with Crippen molar-refractivity contribution >= 4 is 22.4 Å². The van der Waals surface area contributed by atoms with Gasteiger partial charge in [-0.3, -0.25) is 0 Å². The second-order valence-electron chi connectivity index (χ2n) is 5.91. The third-order valence-electron chi connectivity index (χ3n) is 4.16. The average molecular weight is 343 g/mol. The van der Waals surface area contributed by atoms with Crippen LogP contribution in [0.15, 0.2) is 60.9 Å². The number of hydrogen-bond donors (Lipinski definition) is 2. The van der Waals surface area contributed by atoms with Crippen molar-refractivity contribution in [3.63, 3.8) is 0 Å². The highest BCUT2D eigenvalue weighted by Gasteiger charge is 2.14. The standard InChI is InChI=1S/C20H17N5O/c1-12-7-8-13-14(4-2-6-16(13)21)18(12)26-19-15(5-3-10-23-19)17-9-11-24-20(22)25-17/h2-11H,21H2,1H3,(H2,22,24,25). The van der Waals surface area contributed by atoms with Crippen LogP contribution in [0.5, 0.6) is 11.6 Å². The van der Waals surface area contributed by atoms with Crippen LogP contribution in [0.4, 0.5) is 11.6 Å². The number of hydrogen-bond acceptors (Lipinski definition) is 6. The lowest BCUT2D eigenvalue weighted by Crippen LogP contribution is -1.98. The zero-order valence-corrected chi connectivity index (χ0v) is 14.2. The molecule has 0 saturated heterocycles. The van der Waals surface area contributed by atoms with E-state index in [-0.39, 0.29) is 5.95 Å². The summed E-state index contributed by atoms with van der Waals surface area (Å²) in [6, 6.07) is 15.2. The Bertz CT molecular complexity index is 1110. The Hall–Kier alpha value is -3.67. The summed E-state index contributed by atoms with van der Waals surface area (Å²) < 4.78 is 6.23. The number of nitrogens with two attached hydrogens (primary N) is 2. The molecule has 6 nitrogen and oxygen atoms in total. The Morgan fingerprint density at radius 1 is 0.846 bits per heavy atom. The van der Waals surface area contributed by atoms with Gasteiger partial charge < -0.3 is 16.2 Å². The van der Waals surface area contributed by atoms with E-state index in [2.05, 4.69) is 15.0 Å². The minimum atomic E-state index is 0.200. The highest BCUT2D eigenvalue weighted by Crippen LogP contribution is 2.37. The lowest BCUT2D eigenvalue weighted by atomic mass is 10.0. The van der Waals surface area contributed by atoms with Crippen molar-refractivity contribution in [2.45, 2.75) is 6.92 Å². The fourth-order valence-corrected chi connectivity index (χ4v) is 2.89. The van der Waals surface area contributed by atoms with Crippen LogP contribution in [0.2, 0.25) is 0 Å². The molecule has 0 amide bonds. The second-order valence-corrected chi connectivity index (χ2v) is 5.91. The van der Waals surface area contributed by atoms with E-state index >= 15 is 0 Å². The van der Waals surface area contributed by atoms with Crippen LogP contribution in [-0.4, -0.2) is 15.0 Å². The molecule has 0 fully saturated rings. The smallest absolute Gasteiger partial charge is 0.228 e. The van der Waals surface area contributed by atoms with E-state index < -0.39 is 0 Å². The number of nitrogen functional groups attached to an aromatic ring is 2. The quantitative estimate of drug-likeness (QED) is 0.546. The van der Waals surface area contributed by atoms with Gasteiger partial charge in [-0.25, -0.2) is 15.0 Å². The predicted octanol–water partition coefficient (Wildman–Crippen LogP) is 3.96. The monoisotopic (exact) mass is 343 g/mol. The molecule has 0 aliphatic heterocycles. The molecule has 0 aliphatic carbocycles. The van der Waals surface area contributed by atoms with Gasteiger partial charge in [-0.05, 0) is 36.8 Å². The normalized spacial score (nSPS) is 10.8. The molecule has 0 aliphatic rings. The summed E-state index contributed by atoms with van der Waals surface area (Å²) >= 11 is 0. The van der Waals surface area contributed by atoms with Crippen LogP contribution < -0.4 is 16.2 Å². The van der Waals surface area contributed by atoms with E-state index in [9.17, 15) is 0 Å². The SMILES string of the molecule is Cc1ccc2c(N)cccc2c1Oc1ncccc1-c1ccnc(N)n1. The van der Waals surface area contributed by atoms with Gasteiger partial charge in [0.1, 0.15) is 5.75 Å². The van der Waals surface area contributed by atoms with Gasteiger partial charge in [0.05, 0.1) is 11.3 Å². The zero-order valence-electron chi connectivity index (χ0n) is 14.2. The molecule has 2 heterocycles. The summed E-state index contributed by atoms with van der Waals surface area (Å²) in [5.74, 6) is 1.37. The molecule has 128 valence electrons. The molecule has 0 spiro atoms. The minimum absolute atomic E-state index is 0.200. The van der Waals surface area contributed by atoms with Gasteiger partial charge in [-0.2, -0.15) is 0 Å². The maximum Gasteiger partial charge on any atom is 0.228 e. The molecule has 6 heteroatoms. The number of nitrogens with zero attached hydrogens (tertiary/aromatic N) is 3. The van der Waals surface area contributed by atoms with E-state index in [1.54, 1.807) is 18.5 Å². The fraction of sp³-hybridized carbons (Fsp3) is 0.0500. The highest BCUT2D eigenvalue weighted by molar-refractivity contribution is 5.97. The summed E-state index contributed by atoms with van der Waals surface area (Å²) in [5.41, 5.74) is 14.9. The third-order valence-corrected chi connectivity index (χ3v) is 4.16. The molecule has 2 aromatic heterocycles. The second kappa shape index (κ2) is 6.33. The maximum absolute atomic E-state index is 6.23. The van der Waals surface area contributed by atoms with Gasteiger partial charge in [-0.1, -0.05) is 24.3 Å². The molecule has 4 N–H and O–H groups in total. The fourth-order valence-electron chi connectivity index (χ4n) is 2.89. The number of ether oxygens (including phenoxy) is 1. The van der Waals surface area contributed by atoms with Crippen LogP contribution in [0, 0.1) is 6.92 Å². The van der Waals surface area contributed by atoms with E-state index in [1.165, 1.54) is 0 Å². The average Bonchev–Trinajstić information content (AvgIpc) is 2.65. The molecule has 0 radical (unpaired) electrons. The number of fused-ring (bicyclic) bond motifs is 1. The summed E-state index contributed by atoms with van der Waals surface area (Å²) in [6.45, 7) is 1.99. The van der Waals surface area contributed by atoms with Crippen molar-refractivity contribution in [3.05, 3.63) is 66.5 Å².